The van der Waals surface area contributed by atoms with Gasteiger partial charge in [-0.25, -0.2) is 4.79 Å². The molecule has 10 unspecified atom stereocenters. The van der Waals surface area contributed by atoms with E-state index in [2.05, 4.69) is 47.5 Å². The Morgan fingerprint density at radius 1 is 0.542 bits per heavy atom. The van der Waals surface area contributed by atoms with E-state index in [1.807, 2.05) is 0 Å². The van der Waals surface area contributed by atoms with Gasteiger partial charge >= 0.3 is 17.9 Å². The van der Waals surface area contributed by atoms with Gasteiger partial charge in [-0.3, -0.25) is 52.9 Å². The zero-order valence-corrected chi connectivity index (χ0v) is 42.0. The molecule has 26 nitrogen and oxygen atoms in total. The monoisotopic (exact) mass is 1020 g/mol. The number of carbonyl (C=O) groups excluding carboxylic acids is 8. The summed E-state index contributed by atoms with van der Waals surface area (Å²) in [4.78, 5) is 147. The standard InChI is InChI=1S/C46H74N12O14/c1-9-24(6)36(44(70)54-28(16-13-19-50-46(48)49)39(65)51-25(7)37(63)57-35(23(4)5)45(71)72)58-38(64)26(8)52-40(66)29(17-18-32(59)60)53-42(68)31(21-33(61)62)55-41(67)30(20-27-14-11-10-12-15-27)56-43(69)34(47)22(2)3/h10-12,14-15,22-26,28-31,34-36H,9,13,16-21,47H2,1-8H3,(H,51,65)(H,52,66)(H,53,68)(H,54,70)(H,55,67)(H,56,69)(H,57,63)(H,58,64)(H,59,60)(H,61,62)(H,71,72)(H4,48,49,50). The number of guanidine groups is 1. The molecule has 0 saturated heterocycles. The van der Waals surface area contributed by atoms with E-state index in [1.54, 1.807) is 71.9 Å². The number of nitrogens with two attached hydrogens (primary N) is 3. The van der Waals surface area contributed by atoms with E-state index in [0.717, 1.165) is 0 Å². The summed E-state index contributed by atoms with van der Waals surface area (Å²) in [6.45, 7) is 12.4. The zero-order valence-electron chi connectivity index (χ0n) is 42.0. The van der Waals surface area contributed by atoms with Gasteiger partial charge in [0, 0.05) is 19.4 Å². The highest BCUT2D eigenvalue weighted by Gasteiger charge is 2.36. The summed E-state index contributed by atoms with van der Waals surface area (Å²) in [6.07, 6.45) is -1.99. The normalized spacial score (nSPS) is 15.2. The number of amides is 8. The molecule has 0 aliphatic heterocycles. The van der Waals surface area contributed by atoms with Crippen LogP contribution in [-0.2, 0) is 59.2 Å². The van der Waals surface area contributed by atoms with Crippen LogP contribution in [-0.4, -0.2) is 147 Å². The average Bonchev–Trinajstić information content (AvgIpc) is 3.30. The third-order valence-electron chi connectivity index (χ3n) is 11.3. The first-order valence-corrected chi connectivity index (χ1v) is 23.5. The summed E-state index contributed by atoms with van der Waals surface area (Å²) in [7, 11) is 0. The summed E-state index contributed by atoms with van der Waals surface area (Å²) >= 11 is 0. The van der Waals surface area contributed by atoms with Gasteiger partial charge in [0.2, 0.25) is 47.3 Å². The second-order valence-electron chi connectivity index (χ2n) is 18.1. The largest absolute Gasteiger partial charge is 0.481 e. The molecule has 0 spiro atoms. The minimum atomic E-state index is -1.87. The lowest BCUT2D eigenvalue weighted by Crippen LogP contribution is -2.61. The van der Waals surface area contributed by atoms with E-state index in [1.165, 1.54) is 13.8 Å². The predicted octanol–water partition coefficient (Wildman–Crippen LogP) is -2.69. The molecule has 0 saturated carbocycles. The Hall–Kier alpha value is -7.38. The van der Waals surface area contributed by atoms with Crippen molar-refractivity contribution in [2.75, 3.05) is 6.54 Å². The number of nitrogens with one attached hydrogen (secondary N) is 8. The second-order valence-corrected chi connectivity index (χ2v) is 18.1. The number of hydrogen-bond donors (Lipinski definition) is 14. The fraction of sp³-hybridized carbons (Fsp3) is 0.609. The van der Waals surface area contributed by atoms with Gasteiger partial charge in [-0.15, -0.1) is 0 Å². The van der Waals surface area contributed by atoms with Gasteiger partial charge in [0.05, 0.1) is 12.5 Å². The molecule has 0 fully saturated rings. The van der Waals surface area contributed by atoms with Crippen molar-refractivity contribution in [2.45, 2.75) is 155 Å². The number of rotatable bonds is 32. The van der Waals surface area contributed by atoms with Gasteiger partial charge < -0.3 is 75.1 Å². The maximum Gasteiger partial charge on any atom is 0.326 e. The number of aliphatic carboxylic acids is 3. The smallest absolute Gasteiger partial charge is 0.326 e. The number of nitrogens with zero attached hydrogens (tertiary/aromatic N) is 1. The molecule has 17 N–H and O–H groups in total. The topological polar surface area (TPSA) is 435 Å². The Morgan fingerprint density at radius 3 is 1.49 bits per heavy atom. The molecule has 0 aliphatic carbocycles. The molecule has 0 bridgehead atoms. The lowest BCUT2D eigenvalue weighted by atomic mass is 9.97. The van der Waals surface area contributed by atoms with Crippen molar-refractivity contribution < 1.29 is 68.1 Å². The molecule has 10 atom stereocenters. The van der Waals surface area contributed by atoms with Crippen LogP contribution >= 0.6 is 0 Å². The molecule has 1 rings (SSSR count). The van der Waals surface area contributed by atoms with Crippen LogP contribution in [0.3, 0.4) is 0 Å². The highest BCUT2D eigenvalue weighted by molar-refractivity contribution is 5.99. The summed E-state index contributed by atoms with van der Waals surface area (Å²) in [5, 5.41) is 48.1. The number of carboxylic acids is 3. The van der Waals surface area contributed by atoms with Crippen LogP contribution in [0.2, 0.25) is 0 Å². The van der Waals surface area contributed by atoms with Gasteiger partial charge in [-0.05, 0) is 56.4 Å². The Bertz CT molecular complexity index is 2090. The molecule has 402 valence electrons. The van der Waals surface area contributed by atoms with Crippen molar-refractivity contribution in [3.8, 4) is 0 Å². The lowest BCUT2D eigenvalue weighted by molar-refractivity contribution is -0.143. The van der Waals surface area contributed by atoms with Gasteiger partial charge in [-0.1, -0.05) is 78.3 Å². The Morgan fingerprint density at radius 2 is 1.01 bits per heavy atom. The first-order chi connectivity index (χ1) is 33.6. The van der Waals surface area contributed by atoms with Crippen molar-refractivity contribution in [1.29, 1.82) is 0 Å². The Labute approximate surface area is 418 Å². The lowest BCUT2D eigenvalue weighted by Gasteiger charge is -2.29. The van der Waals surface area contributed by atoms with Crippen LogP contribution in [0.5, 0.6) is 0 Å². The van der Waals surface area contributed by atoms with E-state index in [9.17, 15) is 68.1 Å². The molecule has 0 radical (unpaired) electrons. The highest BCUT2D eigenvalue weighted by atomic mass is 16.4. The van der Waals surface area contributed by atoms with Crippen molar-refractivity contribution >= 4 is 71.1 Å². The molecular weight excluding hydrogens is 945 g/mol. The minimum absolute atomic E-state index is 0.0429. The van der Waals surface area contributed by atoms with Gasteiger partial charge in [0.25, 0.3) is 0 Å². The number of carbonyl (C=O) groups is 11. The molecule has 72 heavy (non-hydrogen) atoms. The third-order valence-corrected chi connectivity index (χ3v) is 11.3. The van der Waals surface area contributed by atoms with E-state index in [-0.39, 0.29) is 37.7 Å². The van der Waals surface area contributed by atoms with Crippen LogP contribution < -0.4 is 59.7 Å². The minimum Gasteiger partial charge on any atom is -0.481 e. The van der Waals surface area contributed by atoms with Crippen LogP contribution in [0.1, 0.15) is 99.5 Å². The van der Waals surface area contributed by atoms with E-state index >= 15 is 0 Å². The molecule has 1 aromatic carbocycles. The average molecular weight is 1020 g/mol. The molecule has 8 amide bonds. The first kappa shape index (κ1) is 62.6. The van der Waals surface area contributed by atoms with Crippen LogP contribution in [0.25, 0.3) is 0 Å². The second kappa shape index (κ2) is 31.1. The predicted molar refractivity (Wildman–Crippen MR) is 261 cm³/mol. The third kappa shape index (κ3) is 22.6. The maximum atomic E-state index is 13.9. The number of carboxylic acid groups (broad SMARTS) is 3. The fourth-order valence-electron chi connectivity index (χ4n) is 6.66. The van der Waals surface area contributed by atoms with Crippen molar-refractivity contribution in [3.05, 3.63) is 35.9 Å². The van der Waals surface area contributed by atoms with E-state index < -0.39 is 151 Å². The molecule has 0 aliphatic rings. The van der Waals surface area contributed by atoms with Crippen molar-refractivity contribution in [2.24, 2.45) is 39.9 Å². The highest BCUT2D eigenvalue weighted by Crippen LogP contribution is 2.12. The summed E-state index contributed by atoms with van der Waals surface area (Å²) in [5.41, 5.74) is 17.4. The van der Waals surface area contributed by atoms with Crippen molar-refractivity contribution in [3.63, 3.8) is 0 Å². The summed E-state index contributed by atoms with van der Waals surface area (Å²) in [6, 6.07) is -4.24. The van der Waals surface area contributed by atoms with Gasteiger partial charge in [0.1, 0.15) is 48.3 Å². The fourth-order valence-corrected chi connectivity index (χ4v) is 6.66. The summed E-state index contributed by atoms with van der Waals surface area (Å²) < 4.78 is 0. The number of aliphatic imine (C=N–C) groups is 1. The van der Waals surface area contributed by atoms with E-state index in [0.29, 0.717) is 12.0 Å². The van der Waals surface area contributed by atoms with Crippen LogP contribution in [0, 0.1) is 17.8 Å². The van der Waals surface area contributed by atoms with E-state index in [4.69, 9.17) is 17.2 Å². The number of hydrogen-bond acceptors (Lipinski definition) is 13. The molecule has 0 aromatic heterocycles. The zero-order chi connectivity index (χ0) is 55.0. The molecular formula is C46H74N12O14. The van der Waals surface area contributed by atoms with Crippen LogP contribution in [0.4, 0.5) is 0 Å². The van der Waals surface area contributed by atoms with Crippen molar-refractivity contribution in [1.82, 2.24) is 42.5 Å². The SMILES string of the molecule is CCC(C)C(NC(=O)C(C)NC(=O)C(CCC(=O)O)NC(=O)C(CC(=O)O)NC(=O)C(Cc1ccccc1)NC(=O)C(N)C(C)C)C(=O)NC(CCCN=C(N)N)C(=O)NC(C)C(=O)NC(C(=O)O)C(C)C. The van der Waals surface area contributed by atoms with Gasteiger partial charge in [-0.2, -0.15) is 0 Å². The van der Waals surface area contributed by atoms with Gasteiger partial charge in [0.15, 0.2) is 5.96 Å². The van der Waals surface area contributed by atoms with Crippen LogP contribution in [0.15, 0.2) is 35.3 Å². The Balaban J connectivity index is 3.36. The molecule has 26 heteroatoms. The molecule has 0 heterocycles. The maximum absolute atomic E-state index is 13.9. The quantitative estimate of drug-likeness (QED) is 0.0199. The summed E-state index contributed by atoms with van der Waals surface area (Å²) in [5.74, 6) is -13.3. The number of benzene rings is 1. The molecule has 1 aromatic rings. The Kier molecular flexibility index (Phi) is 27.0. The first-order valence-electron chi connectivity index (χ1n) is 23.5.